The predicted octanol–water partition coefficient (Wildman–Crippen LogP) is 4.51. The Bertz CT molecular complexity index is 1110. The molecule has 3 heterocycles. The van der Waals surface area contributed by atoms with Crippen LogP contribution in [0.4, 0.5) is 0 Å². The molecule has 0 aromatic heterocycles. The highest BCUT2D eigenvalue weighted by atomic mass is 32.2. The Morgan fingerprint density at radius 1 is 1.12 bits per heavy atom. The van der Waals surface area contributed by atoms with Crippen molar-refractivity contribution in [2.24, 2.45) is 17.8 Å². The van der Waals surface area contributed by atoms with Gasteiger partial charge in [-0.15, -0.1) is 24.9 Å². The monoisotopic (exact) mass is 581 g/mol. The number of hydrogen-bond donors (Lipinski definition) is 1. The Labute approximate surface area is 250 Å². The zero-order valence-corrected chi connectivity index (χ0v) is 25.7. The topological polar surface area (TPSA) is 81.2 Å². The Morgan fingerprint density at radius 2 is 1.80 bits per heavy atom. The van der Waals surface area contributed by atoms with E-state index in [1.807, 2.05) is 49.1 Å². The first-order valence-electron chi connectivity index (χ1n) is 15.2. The first-order chi connectivity index (χ1) is 19.7. The minimum atomic E-state index is -0.712. The maximum Gasteiger partial charge on any atom is 0.247 e. The van der Waals surface area contributed by atoms with Gasteiger partial charge in [-0.25, -0.2) is 0 Å². The molecule has 8 heteroatoms. The van der Waals surface area contributed by atoms with Crippen LogP contribution in [0, 0.1) is 17.8 Å². The van der Waals surface area contributed by atoms with Crippen molar-refractivity contribution in [2.45, 2.75) is 81.5 Å². The van der Waals surface area contributed by atoms with E-state index in [0.717, 1.165) is 31.2 Å². The Balaban J connectivity index is 1.73. The summed E-state index contributed by atoms with van der Waals surface area (Å²) in [6.07, 6.45) is 7.92. The summed E-state index contributed by atoms with van der Waals surface area (Å²) in [4.78, 5) is 48.6. The number of unbranched alkanes of at least 4 members (excludes halogenated alkanes) is 2. The fourth-order valence-electron chi connectivity index (χ4n) is 7.21. The normalized spacial score (nSPS) is 27.1. The van der Waals surface area contributed by atoms with E-state index in [1.165, 1.54) is 0 Å². The predicted molar refractivity (Wildman–Crippen MR) is 165 cm³/mol. The molecule has 1 aromatic rings. The molecule has 7 nitrogen and oxygen atoms in total. The lowest BCUT2D eigenvalue weighted by Gasteiger charge is -2.40. The fraction of sp³-hybridized carbons (Fsp3) is 0.606. The van der Waals surface area contributed by atoms with Crippen LogP contribution in [0.2, 0.25) is 0 Å². The summed E-state index contributed by atoms with van der Waals surface area (Å²) in [6.45, 7) is 15.5. The molecule has 6 atom stereocenters. The summed E-state index contributed by atoms with van der Waals surface area (Å²) in [5, 5.41) is 10.5. The number of fused-ring (bicyclic) bond motifs is 1. The molecular weight excluding hydrogens is 534 g/mol. The van der Waals surface area contributed by atoms with Gasteiger partial charge in [0.25, 0.3) is 0 Å². The second-order valence-electron chi connectivity index (χ2n) is 12.1. The molecule has 2 unspecified atom stereocenters. The van der Waals surface area contributed by atoms with E-state index < -0.39 is 28.7 Å². The van der Waals surface area contributed by atoms with Crippen molar-refractivity contribution >= 4 is 29.5 Å². The number of thioether (sulfide) groups is 1. The minimum absolute atomic E-state index is 0.0171. The van der Waals surface area contributed by atoms with Crippen LogP contribution < -0.4 is 0 Å². The second kappa shape index (κ2) is 13.6. The van der Waals surface area contributed by atoms with Gasteiger partial charge in [0.1, 0.15) is 6.04 Å². The van der Waals surface area contributed by atoms with E-state index in [-0.39, 0.29) is 35.5 Å². The lowest BCUT2D eigenvalue weighted by atomic mass is 9.70. The van der Waals surface area contributed by atoms with Crippen LogP contribution >= 0.6 is 11.8 Å². The summed E-state index contributed by atoms with van der Waals surface area (Å²) in [7, 11) is 0. The van der Waals surface area contributed by atoms with Gasteiger partial charge in [0, 0.05) is 31.4 Å². The summed E-state index contributed by atoms with van der Waals surface area (Å²) in [6, 6.07) is 8.65. The molecule has 3 saturated heterocycles. The number of aliphatic hydroxyl groups excluding tert-OH is 1. The summed E-state index contributed by atoms with van der Waals surface area (Å²) >= 11 is 1.68. The molecule has 1 aromatic carbocycles. The van der Waals surface area contributed by atoms with Gasteiger partial charge in [-0.1, -0.05) is 76.1 Å². The van der Waals surface area contributed by atoms with E-state index in [9.17, 15) is 19.5 Å². The fourth-order valence-corrected chi connectivity index (χ4v) is 9.40. The molecule has 3 amide bonds. The largest absolute Gasteiger partial charge is 0.394 e. The first-order valence-corrected chi connectivity index (χ1v) is 16.1. The molecule has 3 fully saturated rings. The van der Waals surface area contributed by atoms with Crippen molar-refractivity contribution in [3.63, 3.8) is 0 Å². The van der Waals surface area contributed by atoms with Gasteiger partial charge in [0.2, 0.25) is 17.7 Å². The molecule has 4 rings (SSSR count). The third-order valence-corrected chi connectivity index (χ3v) is 11.1. The standard InChI is InChI=1S/C33H47N3O4S/c1-6-9-13-20-34(18-7-2)32(40)29-33-17-16-26(41-33)27(28(33)31(39)36(29)25(22-37)23(4)5)30(38)35(19-8-3)21-24-14-11-10-12-15-24/h7-8,10-12,14-15,23,25-29,37H,2-3,6,9,13,16-22H2,1,4-5H3/t25-,26+,27-,28-,29?,33?/m0/s1. The number of carbonyl (C=O) groups excluding carboxylic acids is 3. The average molecular weight is 582 g/mol. The van der Waals surface area contributed by atoms with Crippen LogP contribution in [-0.4, -0.2) is 85.8 Å². The number of aliphatic hydroxyl groups is 1. The third-order valence-electron chi connectivity index (χ3n) is 9.14. The van der Waals surface area contributed by atoms with Crippen molar-refractivity contribution in [3.05, 3.63) is 61.2 Å². The maximum absolute atomic E-state index is 14.5. The van der Waals surface area contributed by atoms with E-state index in [0.29, 0.717) is 32.6 Å². The number of benzene rings is 1. The van der Waals surface area contributed by atoms with Crippen molar-refractivity contribution in [3.8, 4) is 0 Å². The van der Waals surface area contributed by atoms with Crippen molar-refractivity contribution in [1.82, 2.24) is 14.7 Å². The molecule has 1 spiro atoms. The molecule has 0 radical (unpaired) electrons. The first kappa shape index (κ1) is 31.4. The summed E-state index contributed by atoms with van der Waals surface area (Å²) in [5.74, 6) is -1.43. The number of carbonyl (C=O) groups is 3. The molecule has 2 bridgehead atoms. The van der Waals surface area contributed by atoms with Gasteiger partial charge < -0.3 is 19.8 Å². The van der Waals surface area contributed by atoms with Crippen molar-refractivity contribution in [2.75, 3.05) is 26.2 Å². The molecule has 0 saturated carbocycles. The molecule has 3 aliphatic rings. The van der Waals surface area contributed by atoms with E-state index >= 15 is 0 Å². The quantitative estimate of drug-likeness (QED) is 0.244. The van der Waals surface area contributed by atoms with E-state index in [1.54, 1.807) is 33.7 Å². The van der Waals surface area contributed by atoms with Gasteiger partial charge in [0.05, 0.1) is 29.2 Å². The van der Waals surface area contributed by atoms with Crippen molar-refractivity contribution < 1.29 is 19.5 Å². The average Bonchev–Trinajstić information content (AvgIpc) is 3.60. The van der Waals surface area contributed by atoms with E-state index in [2.05, 4.69) is 20.1 Å². The van der Waals surface area contributed by atoms with Gasteiger partial charge >= 0.3 is 0 Å². The molecule has 1 N–H and O–H groups in total. The highest BCUT2D eigenvalue weighted by Gasteiger charge is 2.74. The molecule has 0 aliphatic carbocycles. The zero-order valence-electron chi connectivity index (χ0n) is 24.9. The number of amides is 3. The molecule has 224 valence electrons. The molecule has 3 aliphatic heterocycles. The van der Waals surface area contributed by atoms with Gasteiger partial charge in [0.15, 0.2) is 0 Å². The SMILES string of the molecule is C=CCN(CCCCC)C(=O)C1N([C@@H](CO)C(C)C)C(=O)[C@@H]2[C@@H](C(=O)N(CC=C)Cc3ccccc3)[C@H]3CCC12S3. The van der Waals surface area contributed by atoms with Gasteiger partial charge in [-0.05, 0) is 30.7 Å². The van der Waals surface area contributed by atoms with Crippen LogP contribution in [0.3, 0.4) is 0 Å². The van der Waals surface area contributed by atoms with Crippen molar-refractivity contribution in [1.29, 1.82) is 0 Å². The maximum atomic E-state index is 14.5. The molecular formula is C33H47N3O4S. The smallest absolute Gasteiger partial charge is 0.247 e. The lowest BCUT2D eigenvalue weighted by molar-refractivity contribution is -0.148. The van der Waals surface area contributed by atoms with Crippen LogP contribution in [0.1, 0.15) is 58.4 Å². The molecule has 41 heavy (non-hydrogen) atoms. The zero-order chi connectivity index (χ0) is 29.7. The summed E-state index contributed by atoms with van der Waals surface area (Å²) in [5.41, 5.74) is 1.02. The van der Waals surface area contributed by atoms with E-state index in [4.69, 9.17) is 0 Å². The van der Waals surface area contributed by atoms with Crippen LogP contribution in [-0.2, 0) is 20.9 Å². The van der Waals surface area contributed by atoms with Crippen LogP contribution in [0.5, 0.6) is 0 Å². The minimum Gasteiger partial charge on any atom is -0.394 e. The number of hydrogen-bond acceptors (Lipinski definition) is 5. The van der Waals surface area contributed by atoms with Gasteiger partial charge in [-0.3, -0.25) is 14.4 Å². The van der Waals surface area contributed by atoms with Crippen LogP contribution in [0.15, 0.2) is 55.6 Å². The highest BCUT2D eigenvalue weighted by Crippen LogP contribution is 2.67. The lowest BCUT2D eigenvalue weighted by Crippen LogP contribution is -2.58. The Kier molecular flexibility index (Phi) is 10.4. The number of nitrogens with zero attached hydrogens (tertiary/aromatic N) is 3. The third kappa shape index (κ3) is 5.87. The Hall–Kier alpha value is -2.58. The second-order valence-corrected chi connectivity index (χ2v) is 13.7. The summed E-state index contributed by atoms with van der Waals surface area (Å²) < 4.78 is -0.682. The van der Waals surface area contributed by atoms with Gasteiger partial charge in [-0.2, -0.15) is 0 Å². The highest BCUT2D eigenvalue weighted by molar-refractivity contribution is 8.02. The number of likely N-dealkylation sites (tertiary alicyclic amines) is 1. The number of rotatable bonds is 15. The Morgan fingerprint density at radius 3 is 2.41 bits per heavy atom. The van der Waals surface area contributed by atoms with Crippen LogP contribution in [0.25, 0.3) is 0 Å².